The molecule has 1 saturated carbocycles. The molecule has 0 bridgehead atoms. The van der Waals surface area contributed by atoms with Crippen molar-refractivity contribution in [2.45, 2.75) is 44.3 Å². The van der Waals surface area contributed by atoms with E-state index in [2.05, 4.69) is 42.5 Å². The first-order valence-corrected chi connectivity index (χ1v) is 7.61. The highest BCUT2D eigenvalue weighted by atomic mass is 16.5. The minimum atomic E-state index is -0.267. The molecule has 0 aliphatic heterocycles. The molecule has 0 spiro atoms. The molecule has 0 saturated heterocycles. The SMILES string of the molecule is O[C@@H]1CCCC[C@@H]1OCCc1cccc2ccccc12. The van der Waals surface area contributed by atoms with Crippen LogP contribution in [0.3, 0.4) is 0 Å². The van der Waals surface area contributed by atoms with Crippen molar-refractivity contribution in [1.29, 1.82) is 0 Å². The van der Waals surface area contributed by atoms with Crippen molar-refractivity contribution in [2.75, 3.05) is 6.61 Å². The smallest absolute Gasteiger partial charge is 0.0834 e. The summed E-state index contributed by atoms with van der Waals surface area (Å²) in [5.74, 6) is 0. The molecule has 2 heteroatoms. The van der Waals surface area contributed by atoms with E-state index in [4.69, 9.17) is 4.74 Å². The Morgan fingerprint density at radius 1 is 1.00 bits per heavy atom. The second-order valence-corrected chi connectivity index (χ2v) is 5.65. The van der Waals surface area contributed by atoms with Gasteiger partial charge in [-0.2, -0.15) is 0 Å². The fourth-order valence-corrected chi connectivity index (χ4v) is 3.10. The van der Waals surface area contributed by atoms with Crippen molar-refractivity contribution in [3.63, 3.8) is 0 Å². The van der Waals surface area contributed by atoms with Gasteiger partial charge in [0.15, 0.2) is 0 Å². The number of hydrogen-bond acceptors (Lipinski definition) is 2. The molecule has 2 nitrogen and oxygen atoms in total. The molecule has 0 aromatic heterocycles. The first-order valence-electron chi connectivity index (χ1n) is 7.61. The van der Waals surface area contributed by atoms with Crippen LogP contribution < -0.4 is 0 Å². The van der Waals surface area contributed by atoms with Crippen LogP contribution in [-0.4, -0.2) is 23.9 Å². The van der Waals surface area contributed by atoms with Crippen LogP contribution in [0, 0.1) is 0 Å². The summed E-state index contributed by atoms with van der Waals surface area (Å²) in [5, 5.41) is 12.5. The Morgan fingerprint density at radius 2 is 1.80 bits per heavy atom. The van der Waals surface area contributed by atoms with Crippen LogP contribution in [-0.2, 0) is 11.2 Å². The zero-order chi connectivity index (χ0) is 13.8. The predicted octanol–water partition coefficient (Wildman–Crippen LogP) is 3.70. The topological polar surface area (TPSA) is 29.5 Å². The molecule has 1 aliphatic rings. The van der Waals surface area contributed by atoms with E-state index < -0.39 is 0 Å². The van der Waals surface area contributed by atoms with Gasteiger partial charge in [-0.15, -0.1) is 0 Å². The molecular formula is C18H22O2. The lowest BCUT2D eigenvalue weighted by molar-refractivity contribution is -0.0575. The van der Waals surface area contributed by atoms with Gasteiger partial charge in [-0.05, 0) is 35.6 Å². The van der Waals surface area contributed by atoms with E-state index in [0.29, 0.717) is 6.61 Å². The van der Waals surface area contributed by atoms with Gasteiger partial charge in [0.05, 0.1) is 18.8 Å². The molecule has 1 fully saturated rings. The summed E-state index contributed by atoms with van der Waals surface area (Å²) in [6.07, 6.45) is 4.87. The zero-order valence-corrected chi connectivity index (χ0v) is 11.8. The molecule has 2 aromatic carbocycles. The largest absolute Gasteiger partial charge is 0.390 e. The maximum atomic E-state index is 9.91. The Bertz CT molecular complexity index is 559. The molecular weight excluding hydrogens is 248 g/mol. The Balaban J connectivity index is 1.62. The second-order valence-electron chi connectivity index (χ2n) is 5.65. The Kier molecular flexibility index (Phi) is 4.34. The lowest BCUT2D eigenvalue weighted by Crippen LogP contribution is -2.32. The van der Waals surface area contributed by atoms with E-state index in [9.17, 15) is 5.11 Å². The number of ether oxygens (including phenoxy) is 1. The highest BCUT2D eigenvalue weighted by Crippen LogP contribution is 2.22. The standard InChI is InChI=1S/C18H22O2/c19-17-10-3-4-11-18(17)20-13-12-15-8-5-7-14-6-1-2-9-16(14)15/h1-2,5-9,17-19H,3-4,10-13H2/t17-,18+/m1/s1. The zero-order valence-electron chi connectivity index (χ0n) is 11.8. The highest BCUT2D eigenvalue weighted by Gasteiger charge is 2.23. The molecule has 2 atom stereocenters. The number of rotatable bonds is 4. The lowest BCUT2D eigenvalue weighted by atomic mass is 9.95. The summed E-state index contributed by atoms with van der Waals surface area (Å²) in [4.78, 5) is 0. The maximum absolute atomic E-state index is 9.91. The van der Waals surface area contributed by atoms with Crippen LogP contribution in [0.1, 0.15) is 31.2 Å². The summed E-state index contributed by atoms with van der Waals surface area (Å²) >= 11 is 0. The Morgan fingerprint density at radius 3 is 2.70 bits per heavy atom. The molecule has 3 rings (SSSR count). The quantitative estimate of drug-likeness (QED) is 0.918. The Labute approximate surface area is 120 Å². The van der Waals surface area contributed by atoms with Gasteiger partial charge in [0.1, 0.15) is 0 Å². The Hall–Kier alpha value is -1.38. The lowest BCUT2D eigenvalue weighted by Gasteiger charge is -2.27. The number of hydrogen-bond donors (Lipinski definition) is 1. The minimum Gasteiger partial charge on any atom is -0.390 e. The molecule has 20 heavy (non-hydrogen) atoms. The average Bonchev–Trinajstić information content (AvgIpc) is 2.49. The predicted molar refractivity (Wildman–Crippen MR) is 81.9 cm³/mol. The molecule has 0 radical (unpaired) electrons. The third-order valence-electron chi connectivity index (χ3n) is 4.25. The summed E-state index contributed by atoms with van der Waals surface area (Å²) in [5.41, 5.74) is 1.33. The number of benzene rings is 2. The molecule has 0 unspecified atom stereocenters. The molecule has 0 heterocycles. The van der Waals surface area contributed by atoms with Gasteiger partial charge in [0, 0.05) is 0 Å². The van der Waals surface area contributed by atoms with Crippen LogP contribution >= 0.6 is 0 Å². The third kappa shape index (κ3) is 3.02. The second kappa shape index (κ2) is 6.38. The molecule has 106 valence electrons. The van der Waals surface area contributed by atoms with Gasteiger partial charge in [-0.1, -0.05) is 55.3 Å². The normalized spacial score (nSPS) is 23.1. The number of fused-ring (bicyclic) bond motifs is 1. The fourth-order valence-electron chi connectivity index (χ4n) is 3.10. The van der Waals surface area contributed by atoms with Crippen molar-refractivity contribution < 1.29 is 9.84 Å². The van der Waals surface area contributed by atoms with E-state index in [1.165, 1.54) is 22.8 Å². The van der Waals surface area contributed by atoms with E-state index in [-0.39, 0.29) is 12.2 Å². The average molecular weight is 270 g/mol. The van der Waals surface area contributed by atoms with E-state index in [0.717, 1.165) is 25.7 Å². The van der Waals surface area contributed by atoms with Crippen molar-refractivity contribution in [1.82, 2.24) is 0 Å². The molecule has 1 N–H and O–H groups in total. The van der Waals surface area contributed by atoms with E-state index in [1.807, 2.05) is 0 Å². The van der Waals surface area contributed by atoms with Gasteiger partial charge < -0.3 is 9.84 Å². The van der Waals surface area contributed by atoms with Gasteiger partial charge in [0.25, 0.3) is 0 Å². The minimum absolute atomic E-state index is 0.0405. The van der Waals surface area contributed by atoms with Crippen molar-refractivity contribution in [3.8, 4) is 0 Å². The maximum Gasteiger partial charge on any atom is 0.0834 e. The van der Waals surface area contributed by atoms with Gasteiger partial charge in [-0.3, -0.25) is 0 Å². The fraction of sp³-hybridized carbons (Fsp3) is 0.444. The monoisotopic (exact) mass is 270 g/mol. The van der Waals surface area contributed by atoms with Gasteiger partial charge >= 0.3 is 0 Å². The van der Waals surface area contributed by atoms with Crippen molar-refractivity contribution >= 4 is 10.8 Å². The highest BCUT2D eigenvalue weighted by molar-refractivity contribution is 5.85. The molecule has 1 aliphatic carbocycles. The summed E-state index contributed by atoms with van der Waals surface area (Å²) < 4.78 is 5.90. The number of aliphatic hydroxyl groups is 1. The van der Waals surface area contributed by atoms with Crippen LogP contribution in [0.15, 0.2) is 42.5 Å². The van der Waals surface area contributed by atoms with Crippen LogP contribution in [0.25, 0.3) is 10.8 Å². The van der Waals surface area contributed by atoms with Gasteiger partial charge in [0.2, 0.25) is 0 Å². The van der Waals surface area contributed by atoms with E-state index in [1.54, 1.807) is 0 Å². The van der Waals surface area contributed by atoms with Crippen molar-refractivity contribution in [3.05, 3.63) is 48.0 Å². The van der Waals surface area contributed by atoms with Crippen molar-refractivity contribution in [2.24, 2.45) is 0 Å². The summed E-state index contributed by atoms with van der Waals surface area (Å²) in [6, 6.07) is 14.9. The first kappa shape index (κ1) is 13.6. The molecule has 2 aromatic rings. The molecule has 0 amide bonds. The van der Waals surface area contributed by atoms with Crippen LogP contribution in [0.4, 0.5) is 0 Å². The first-order chi connectivity index (χ1) is 9.84. The van der Waals surface area contributed by atoms with Crippen LogP contribution in [0.5, 0.6) is 0 Å². The van der Waals surface area contributed by atoms with Crippen LogP contribution in [0.2, 0.25) is 0 Å². The van der Waals surface area contributed by atoms with E-state index >= 15 is 0 Å². The summed E-state index contributed by atoms with van der Waals surface area (Å²) in [7, 11) is 0. The third-order valence-corrected chi connectivity index (χ3v) is 4.25. The summed E-state index contributed by atoms with van der Waals surface area (Å²) in [6.45, 7) is 0.690. The van der Waals surface area contributed by atoms with Gasteiger partial charge in [-0.25, -0.2) is 0 Å². The number of aliphatic hydroxyl groups excluding tert-OH is 1.